The van der Waals surface area contributed by atoms with E-state index in [1.54, 1.807) is 36.9 Å². The first kappa shape index (κ1) is 18.1. The van der Waals surface area contributed by atoms with E-state index >= 15 is 0 Å². The van der Waals surface area contributed by atoms with Crippen LogP contribution in [0, 0.1) is 18.8 Å². The SMILES string of the molecule is CSCCCCNS(=O)(=O)c1ccc(C#CCO)c(C)c1. The molecule has 0 saturated heterocycles. The summed E-state index contributed by atoms with van der Waals surface area (Å²) in [5.41, 5.74) is 1.50. The highest BCUT2D eigenvalue weighted by molar-refractivity contribution is 7.98. The van der Waals surface area contributed by atoms with Crippen LogP contribution >= 0.6 is 11.8 Å². The van der Waals surface area contributed by atoms with Crippen LogP contribution in [0.3, 0.4) is 0 Å². The van der Waals surface area contributed by atoms with Gasteiger partial charge in [0.05, 0.1) is 4.90 Å². The summed E-state index contributed by atoms with van der Waals surface area (Å²) in [6.45, 7) is 2.05. The van der Waals surface area contributed by atoms with E-state index in [-0.39, 0.29) is 11.5 Å². The summed E-state index contributed by atoms with van der Waals surface area (Å²) in [5, 5.41) is 8.68. The number of hydrogen-bond donors (Lipinski definition) is 2. The van der Waals surface area contributed by atoms with Crippen molar-refractivity contribution >= 4 is 21.8 Å². The first-order valence-corrected chi connectivity index (χ1v) is 9.58. The van der Waals surface area contributed by atoms with Gasteiger partial charge >= 0.3 is 0 Å². The molecule has 0 heterocycles. The smallest absolute Gasteiger partial charge is 0.240 e. The van der Waals surface area contributed by atoms with Gasteiger partial charge in [-0.1, -0.05) is 11.8 Å². The van der Waals surface area contributed by atoms with Crippen LogP contribution in [0.4, 0.5) is 0 Å². The first-order chi connectivity index (χ1) is 10.0. The van der Waals surface area contributed by atoms with E-state index in [2.05, 4.69) is 16.6 Å². The molecule has 6 heteroatoms. The van der Waals surface area contributed by atoms with Gasteiger partial charge in [0, 0.05) is 12.1 Å². The summed E-state index contributed by atoms with van der Waals surface area (Å²) in [5.74, 6) is 6.39. The second-order valence-electron chi connectivity index (χ2n) is 4.53. The molecule has 0 atom stereocenters. The highest BCUT2D eigenvalue weighted by Crippen LogP contribution is 2.15. The van der Waals surface area contributed by atoms with Crippen molar-refractivity contribution in [2.45, 2.75) is 24.7 Å². The lowest BCUT2D eigenvalue weighted by atomic mass is 10.1. The zero-order valence-electron chi connectivity index (χ0n) is 12.3. The van der Waals surface area contributed by atoms with Gasteiger partial charge in [0.1, 0.15) is 6.61 Å². The molecule has 21 heavy (non-hydrogen) atoms. The van der Waals surface area contributed by atoms with Crippen molar-refractivity contribution in [1.82, 2.24) is 4.72 Å². The zero-order chi connectivity index (χ0) is 15.7. The molecule has 1 rings (SSSR count). The van der Waals surface area contributed by atoms with E-state index in [1.807, 2.05) is 6.26 Å². The molecule has 2 N–H and O–H groups in total. The van der Waals surface area contributed by atoms with E-state index in [1.165, 1.54) is 0 Å². The third kappa shape index (κ3) is 6.10. The van der Waals surface area contributed by atoms with E-state index in [0.29, 0.717) is 6.54 Å². The van der Waals surface area contributed by atoms with Gasteiger partial charge in [0.2, 0.25) is 10.0 Å². The quantitative estimate of drug-likeness (QED) is 0.591. The molecule has 0 fully saturated rings. The van der Waals surface area contributed by atoms with Gasteiger partial charge < -0.3 is 5.11 Å². The van der Waals surface area contributed by atoms with E-state index in [9.17, 15) is 8.42 Å². The molecule has 0 spiro atoms. The molecule has 0 aromatic heterocycles. The van der Waals surface area contributed by atoms with E-state index < -0.39 is 10.0 Å². The number of aliphatic hydroxyl groups excluding tert-OH is 1. The van der Waals surface area contributed by atoms with Crippen molar-refractivity contribution in [3.8, 4) is 11.8 Å². The maximum atomic E-state index is 12.2. The summed E-state index contributed by atoms with van der Waals surface area (Å²) in [7, 11) is -3.46. The normalized spacial score (nSPS) is 11.0. The maximum Gasteiger partial charge on any atom is 0.240 e. The molecular weight excluding hydrogens is 306 g/mol. The van der Waals surface area contributed by atoms with Crippen LogP contribution in [0.25, 0.3) is 0 Å². The van der Waals surface area contributed by atoms with Crippen molar-refractivity contribution in [2.75, 3.05) is 25.2 Å². The lowest BCUT2D eigenvalue weighted by Crippen LogP contribution is -2.25. The number of unbranched alkanes of at least 4 members (excludes halogenated alkanes) is 1. The number of sulfonamides is 1. The fourth-order valence-corrected chi connectivity index (χ4v) is 3.39. The topological polar surface area (TPSA) is 66.4 Å². The van der Waals surface area contributed by atoms with Crippen LogP contribution in [0.2, 0.25) is 0 Å². The molecule has 0 unspecified atom stereocenters. The van der Waals surface area contributed by atoms with Gasteiger partial charge in [-0.2, -0.15) is 11.8 Å². The average Bonchev–Trinajstić information content (AvgIpc) is 2.45. The van der Waals surface area contributed by atoms with Crippen molar-refractivity contribution < 1.29 is 13.5 Å². The maximum absolute atomic E-state index is 12.2. The number of aryl methyl sites for hydroxylation is 1. The Balaban J connectivity index is 2.73. The molecule has 0 aliphatic heterocycles. The summed E-state index contributed by atoms with van der Waals surface area (Å²) in [6.07, 6.45) is 3.87. The minimum absolute atomic E-state index is 0.211. The van der Waals surface area contributed by atoms with Gasteiger partial charge in [0.15, 0.2) is 0 Å². The minimum Gasteiger partial charge on any atom is -0.384 e. The van der Waals surface area contributed by atoms with Gasteiger partial charge in [-0.15, -0.1) is 0 Å². The van der Waals surface area contributed by atoms with Crippen LogP contribution in [-0.4, -0.2) is 38.7 Å². The fourth-order valence-electron chi connectivity index (χ4n) is 1.74. The number of rotatable bonds is 7. The number of nitrogens with one attached hydrogen (secondary N) is 1. The van der Waals surface area contributed by atoms with Gasteiger partial charge in [-0.05, 0) is 55.5 Å². The molecule has 0 aliphatic carbocycles. The summed E-state index contributed by atoms with van der Waals surface area (Å²) in [4.78, 5) is 0.249. The Morgan fingerprint density at radius 1 is 1.33 bits per heavy atom. The highest BCUT2D eigenvalue weighted by Gasteiger charge is 2.14. The molecule has 0 saturated carbocycles. The van der Waals surface area contributed by atoms with E-state index in [4.69, 9.17) is 5.11 Å². The predicted octanol–water partition coefficient (Wildman–Crippen LogP) is 1.76. The van der Waals surface area contributed by atoms with Gasteiger partial charge in [-0.25, -0.2) is 13.1 Å². The van der Waals surface area contributed by atoms with Crippen LogP contribution in [-0.2, 0) is 10.0 Å². The molecule has 0 amide bonds. The lowest BCUT2D eigenvalue weighted by Gasteiger charge is -2.08. The van der Waals surface area contributed by atoms with Crippen molar-refractivity contribution in [3.05, 3.63) is 29.3 Å². The Kier molecular flexibility index (Phi) is 7.83. The lowest BCUT2D eigenvalue weighted by molar-refractivity contribution is 0.350. The third-order valence-electron chi connectivity index (χ3n) is 2.88. The Bertz CT molecular complexity index is 616. The number of aliphatic hydroxyl groups is 1. The van der Waals surface area contributed by atoms with Crippen molar-refractivity contribution in [1.29, 1.82) is 0 Å². The molecule has 0 radical (unpaired) electrons. The first-order valence-electron chi connectivity index (χ1n) is 6.70. The third-order valence-corrected chi connectivity index (χ3v) is 5.03. The minimum atomic E-state index is -3.46. The Morgan fingerprint density at radius 3 is 2.71 bits per heavy atom. The monoisotopic (exact) mass is 327 g/mol. The molecular formula is C15H21NO3S2. The van der Waals surface area contributed by atoms with Gasteiger partial charge in [-0.3, -0.25) is 0 Å². The number of hydrogen-bond acceptors (Lipinski definition) is 4. The molecule has 116 valence electrons. The summed E-state index contributed by atoms with van der Waals surface area (Å²) in [6, 6.07) is 4.81. The molecule has 1 aromatic carbocycles. The largest absolute Gasteiger partial charge is 0.384 e. The van der Waals surface area contributed by atoms with Crippen molar-refractivity contribution in [2.24, 2.45) is 0 Å². The standard InChI is InChI=1S/C15H21NO3S2/c1-13-12-15(8-7-14(13)6-5-10-17)21(18,19)16-9-3-4-11-20-2/h7-8,12,16-17H,3-4,9-11H2,1-2H3. The molecule has 4 nitrogen and oxygen atoms in total. The second-order valence-corrected chi connectivity index (χ2v) is 7.29. The zero-order valence-corrected chi connectivity index (χ0v) is 14.0. The number of thioether (sulfide) groups is 1. The van der Waals surface area contributed by atoms with Crippen molar-refractivity contribution in [3.63, 3.8) is 0 Å². The van der Waals surface area contributed by atoms with Gasteiger partial charge in [0.25, 0.3) is 0 Å². The molecule has 0 aliphatic rings. The predicted molar refractivity (Wildman–Crippen MR) is 87.9 cm³/mol. The Labute approximate surface area is 131 Å². The second kappa shape index (κ2) is 9.11. The highest BCUT2D eigenvalue weighted by atomic mass is 32.2. The van der Waals surface area contributed by atoms with E-state index in [0.717, 1.165) is 29.7 Å². The fraction of sp³-hybridized carbons (Fsp3) is 0.467. The molecule has 0 bridgehead atoms. The van der Waals surface area contributed by atoms with Crippen LogP contribution < -0.4 is 4.72 Å². The summed E-state index contributed by atoms with van der Waals surface area (Å²) < 4.78 is 26.9. The average molecular weight is 327 g/mol. The Hall–Kier alpha value is -1.00. The van der Waals surface area contributed by atoms with Crippen LogP contribution in [0.1, 0.15) is 24.0 Å². The number of benzene rings is 1. The van der Waals surface area contributed by atoms with Crippen LogP contribution in [0.5, 0.6) is 0 Å². The summed E-state index contributed by atoms with van der Waals surface area (Å²) >= 11 is 1.76. The van der Waals surface area contributed by atoms with Crippen LogP contribution in [0.15, 0.2) is 23.1 Å². The molecule has 1 aromatic rings. The Morgan fingerprint density at radius 2 is 2.10 bits per heavy atom.